The SMILES string of the molecule is C=CCC(C#N)(CC=C)CCC. The molecule has 0 radical (unpaired) electrons. The van der Waals surface area contributed by atoms with Gasteiger partial charge in [-0.3, -0.25) is 0 Å². The molecule has 1 nitrogen and oxygen atoms in total. The van der Waals surface area contributed by atoms with Crippen molar-refractivity contribution in [2.24, 2.45) is 5.41 Å². The van der Waals surface area contributed by atoms with E-state index in [0.29, 0.717) is 0 Å². The van der Waals surface area contributed by atoms with E-state index in [4.69, 9.17) is 5.26 Å². The van der Waals surface area contributed by atoms with Crippen LogP contribution in [0.1, 0.15) is 32.6 Å². The molecule has 0 unspecified atom stereocenters. The predicted octanol–water partition coefficient (Wildman–Crippen LogP) is 3.45. The van der Waals surface area contributed by atoms with Crippen molar-refractivity contribution in [2.75, 3.05) is 0 Å². The number of hydrogen-bond acceptors (Lipinski definition) is 1. The van der Waals surface area contributed by atoms with Gasteiger partial charge in [0.05, 0.1) is 11.5 Å². The largest absolute Gasteiger partial charge is 0.198 e. The lowest BCUT2D eigenvalue weighted by Gasteiger charge is -2.22. The molecule has 0 spiro atoms. The lowest BCUT2D eigenvalue weighted by Crippen LogP contribution is -2.16. The molecule has 0 aliphatic carbocycles. The average molecular weight is 163 g/mol. The second kappa shape index (κ2) is 5.60. The molecular formula is C11H17N. The summed E-state index contributed by atoms with van der Waals surface area (Å²) in [6, 6.07) is 2.38. The summed E-state index contributed by atoms with van der Waals surface area (Å²) in [6.45, 7) is 9.44. The Kier molecular flexibility index (Phi) is 5.12. The van der Waals surface area contributed by atoms with Gasteiger partial charge in [0, 0.05) is 0 Å². The number of allylic oxidation sites excluding steroid dienone is 2. The van der Waals surface area contributed by atoms with E-state index in [2.05, 4.69) is 26.2 Å². The van der Waals surface area contributed by atoms with Crippen molar-refractivity contribution in [2.45, 2.75) is 32.6 Å². The Labute approximate surface area is 75.4 Å². The summed E-state index contributed by atoms with van der Waals surface area (Å²) >= 11 is 0. The highest BCUT2D eigenvalue weighted by Gasteiger charge is 2.25. The first-order valence-corrected chi connectivity index (χ1v) is 4.37. The molecule has 66 valence electrons. The van der Waals surface area contributed by atoms with Crippen molar-refractivity contribution in [1.82, 2.24) is 0 Å². The summed E-state index contributed by atoms with van der Waals surface area (Å²) < 4.78 is 0. The molecule has 0 fully saturated rings. The van der Waals surface area contributed by atoms with Crippen LogP contribution in [-0.4, -0.2) is 0 Å². The van der Waals surface area contributed by atoms with Crippen molar-refractivity contribution < 1.29 is 0 Å². The van der Waals surface area contributed by atoms with Crippen molar-refractivity contribution in [3.8, 4) is 6.07 Å². The van der Waals surface area contributed by atoms with Crippen LogP contribution in [-0.2, 0) is 0 Å². The first-order valence-electron chi connectivity index (χ1n) is 4.37. The van der Waals surface area contributed by atoms with E-state index in [-0.39, 0.29) is 5.41 Å². The fourth-order valence-corrected chi connectivity index (χ4v) is 1.47. The molecule has 0 N–H and O–H groups in total. The van der Waals surface area contributed by atoms with Gasteiger partial charge in [0.25, 0.3) is 0 Å². The van der Waals surface area contributed by atoms with Gasteiger partial charge in [0.2, 0.25) is 0 Å². The summed E-state index contributed by atoms with van der Waals surface area (Å²) in [6.07, 6.45) is 7.15. The molecule has 0 heterocycles. The topological polar surface area (TPSA) is 23.8 Å². The number of hydrogen-bond donors (Lipinski definition) is 0. The maximum absolute atomic E-state index is 9.02. The molecule has 0 amide bonds. The highest BCUT2D eigenvalue weighted by atomic mass is 14.4. The van der Waals surface area contributed by atoms with Crippen LogP contribution in [0.15, 0.2) is 25.3 Å². The van der Waals surface area contributed by atoms with Crippen LogP contribution in [0.2, 0.25) is 0 Å². The summed E-state index contributed by atoms with van der Waals surface area (Å²) in [5.41, 5.74) is -0.238. The highest BCUT2D eigenvalue weighted by molar-refractivity contribution is 5.05. The minimum atomic E-state index is -0.238. The minimum absolute atomic E-state index is 0.238. The van der Waals surface area contributed by atoms with Gasteiger partial charge in [-0.2, -0.15) is 5.26 Å². The third-order valence-corrected chi connectivity index (χ3v) is 2.04. The Morgan fingerprint density at radius 2 is 1.83 bits per heavy atom. The third-order valence-electron chi connectivity index (χ3n) is 2.04. The van der Waals surface area contributed by atoms with Crippen LogP contribution in [0.25, 0.3) is 0 Å². The zero-order valence-corrected chi connectivity index (χ0v) is 7.84. The van der Waals surface area contributed by atoms with Gasteiger partial charge in [-0.15, -0.1) is 13.2 Å². The fourth-order valence-electron chi connectivity index (χ4n) is 1.47. The van der Waals surface area contributed by atoms with Gasteiger partial charge >= 0.3 is 0 Å². The maximum Gasteiger partial charge on any atom is 0.0696 e. The third kappa shape index (κ3) is 2.92. The Hall–Kier alpha value is -1.03. The van der Waals surface area contributed by atoms with Gasteiger partial charge in [0.15, 0.2) is 0 Å². The number of rotatable bonds is 6. The second-order valence-corrected chi connectivity index (χ2v) is 3.13. The van der Waals surface area contributed by atoms with E-state index in [1.54, 1.807) is 0 Å². The lowest BCUT2D eigenvalue weighted by atomic mass is 9.79. The molecule has 0 rings (SSSR count). The quantitative estimate of drug-likeness (QED) is 0.550. The minimum Gasteiger partial charge on any atom is -0.198 e. The van der Waals surface area contributed by atoms with Gasteiger partial charge in [-0.25, -0.2) is 0 Å². The van der Waals surface area contributed by atoms with Crippen molar-refractivity contribution in [3.05, 3.63) is 25.3 Å². The van der Waals surface area contributed by atoms with E-state index >= 15 is 0 Å². The van der Waals surface area contributed by atoms with Crippen LogP contribution in [0.5, 0.6) is 0 Å². The fraction of sp³-hybridized carbons (Fsp3) is 0.545. The van der Waals surface area contributed by atoms with Gasteiger partial charge < -0.3 is 0 Å². The Morgan fingerprint density at radius 1 is 1.33 bits per heavy atom. The van der Waals surface area contributed by atoms with Crippen molar-refractivity contribution >= 4 is 0 Å². The summed E-state index contributed by atoms with van der Waals surface area (Å²) in [5, 5.41) is 9.02. The lowest BCUT2D eigenvalue weighted by molar-refractivity contribution is 0.368. The highest BCUT2D eigenvalue weighted by Crippen LogP contribution is 2.32. The predicted molar refractivity (Wildman–Crippen MR) is 52.6 cm³/mol. The molecule has 0 saturated heterocycles. The normalized spacial score (nSPS) is 10.3. The smallest absolute Gasteiger partial charge is 0.0696 e. The molecule has 0 aromatic rings. The molecular weight excluding hydrogens is 146 g/mol. The van der Waals surface area contributed by atoms with Crippen LogP contribution in [0.3, 0.4) is 0 Å². The maximum atomic E-state index is 9.02. The van der Waals surface area contributed by atoms with Gasteiger partial charge in [-0.1, -0.05) is 25.5 Å². The molecule has 12 heavy (non-hydrogen) atoms. The zero-order valence-electron chi connectivity index (χ0n) is 7.84. The average Bonchev–Trinajstić information content (AvgIpc) is 2.06. The zero-order chi connectivity index (χ0) is 9.45. The van der Waals surface area contributed by atoms with Crippen LogP contribution < -0.4 is 0 Å². The van der Waals surface area contributed by atoms with Gasteiger partial charge in [-0.05, 0) is 19.3 Å². The summed E-state index contributed by atoms with van der Waals surface area (Å²) in [5.74, 6) is 0. The van der Waals surface area contributed by atoms with Crippen molar-refractivity contribution in [1.29, 1.82) is 5.26 Å². The van der Waals surface area contributed by atoms with Crippen molar-refractivity contribution in [3.63, 3.8) is 0 Å². The van der Waals surface area contributed by atoms with E-state index in [1.807, 2.05) is 12.2 Å². The van der Waals surface area contributed by atoms with E-state index in [9.17, 15) is 0 Å². The molecule has 0 aliphatic heterocycles. The summed E-state index contributed by atoms with van der Waals surface area (Å²) in [4.78, 5) is 0. The Morgan fingerprint density at radius 3 is 2.08 bits per heavy atom. The Balaban J connectivity index is 4.39. The number of nitrogens with zero attached hydrogens (tertiary/aromatic N) is 1. The molecule has 0 aromatic carbocycles. The van der Waals surface area contributed by atoms with E-state index in [0.717, 1.165) is 25.7 Å². The van der Waals surface area contributed by atoms with E-state index < -0.39 is 0 Å². The molecule has 1 heteroatoms. The van der Waals surface area contributed by atoms with Crippen LogP contribution in [0.4, 0.5) is 0 Å². The number of nitriles is 1. The second-order valence-electron chi connectivity index (χ2n) is 3.13. The molecule has 0 atom stereocenters. The molecule has 0 bridgehead atoms. The molecule has 0 aromatic heterocycles. The van der Waals surface area contributed by atoms with Crippen LogP contribution in [0, 0.1) is 16.7 Å². The monoisotopic (exact) mass is 163 g/mol. The first kappa shape index (κ1) is 11.0. The van der Waals surface area contributed by atoms with E-state index in [1.165, 1.54) is 0 Å². The van der Waals surface area contributed by atoms with Crippen LogP contribution >= 0.6 is 0 Å². The molecule has 0 aliphatic rings. The first-order chi connectivity index (χ1) is 5.74. The summed E-state index contributed by atoms with van der Waals surface area (Å²) in [7, 11) is 0. The Bertz CT molecular complexity index is 176. The standard InChI is InChI=1S/C11H17N/c1-4-7-11(10-12,8-5-2)9-6-3/h4-5H,1-2,6-9H2,3H3. The van der Waals surface area contributed by atoms with Gasteiger partial charge in [0.1, 0.15) is 0 Å². The molecule has 0 saturated carbocycles.